The molecule has 2 heterocycles. The number of urea groups is 1. The van der Waals surface area contributed by atoms with Crippen molar-refractivity contribution in [1.29, 1.82) is 0 Å². The molecule has 0 bridgehead atoms. The zero-order valence-corrected chi connectivity index (χ0v) is 11.4. The number of carbonyl (C=O) groups is 2. The first-order chi connectivity index (χ1) is 10.2. The summed E-state index contributed by atoms with van der Waals surface area (Å²) < 4.78 is 0. The van der Waals surface area contributed by atoms with E-state index in [1.165, 1.54) is 4.90 Å². The van der Waals surface area contributed by atoms with E-state index in [2.05, 4.69) is 10.3 Å². The van der Waals surface area contributed by atoms with Gasteiger partial charge in [-0.15, -0.1) is 0 Å². The SMILES string of the molecule is O=C1N[C@@H](Cc2ccccc2)C(=O)N1Cc1ccncc1. The van der Waals surface area contributed by atoms with Crippen molar-refractivity contribution in [2.45, 2.75) is 19.0 Å². The maximum absolute atomic E-state index is 12.4. The number of pyridine rings is 1. The number of aromatic nitrogens is 1. The summed E-state index contributed by atoms with van der Waals surface area (Å²) >= 11 is 0. The minimum absolute atomic E-state index is 0.180. The summed E-state index contributed by atoms with van der Waals surface area (Å²) in [5.74, 6) is -0.180. The minimum atomic E-state index is -0.485. The molecule has 5 nitrogen and oxygen atoms in total. The Kier molecular flexibility index (Phi) is 3.64. The number of nitrogens with zero attached hydrogens (tertiary/aromatic N) is 2. The van der Waals surface area contributed by atoms with Crippen molar-refractivity contribution in [2.75, 3.05) is 0 Å². The van der Waals surface area contributed by atoms with Gasteiger partial charge in [-0.1, -0.05) is 30.3 Å². The molecule has 0 spiro atoms. The number of hydrogen-bond acceptors (Lipinski definition) is 3. The number of amides is 3. The lowest BCUT2D eigenvalue weighted by molar-refractivity contribution is -0.127. The van der Waals surface area contributed by atoms with Crippen LogP contribution in [0.25, 0.3) is 0 Å². The summed E-state index contributed by atoms with van der Waals surface area (Å²) in [6.07, 6.45) is 3.81. The van der Waals surface area contributed by atoms with E-state index in [1.807, 2.05) is 30.3 Å². The van der Waals surface area contributed by atoms with Crippen LogP contribution in [0.3, 0.4) is 0 Å². The van der Waals surface area contributed by atoms with E-state index in [1.54, 1.807) is 24.5 Å². The lowest BCUT2D eigenvalue weighted by Gasteiger charge is -2.12. The standard InChI is InChI=1S/C16H15N3O2/c20-15-14(10-12-4-2-1-3-5-12)18-16(21)19(15)11-13-6-8-17-9-7-13/h1-9,14H,10-11H2,(H,18,21)/t14-/m0/s1. The van der Waals surface area contributed by atoms with Gasteiger partial charge < -0.3 is 5.32 Å². The number of benzene rings is 1. The fraction of sp³-hybridized carbons (Fsp3) is 0.188. The smallest absolute Gasteiger partial charge is 0.325 e. The molecule has 0 aliphatic carbocycles. The van der Waals surface area contributed by atoms with Crippen LogP contribution < -0.4 is 5.32 Å². The van der Waals surface area contributed by atoms with Gasteiger partial charge in [0.05, 0.1) is 6.54 Å². The first-order valence-electron chi connectivity index (χ1n) is 6.79. The molecule has 1 aliphatic rings. The summed E-state index contributed by atoms with van der Waals surface area (Å²) in [5.41, 5.74) is 1.91. The van der Waals surface area contributed by atoms with Crippen molar-refractivity contribution in [3.8, 4) is 0 Å². The molecule has 0 radical (unpaired) electrons. The third kappa shape index (κ3) is 2.91. The number of imide groups is 1. The molecule has 1 fully saturated rings. The Labute approximate surface area is 122 Å². The Morgan fingerprint density at radius 3 is 2.43 bits per heavy atom. The summed E-state index contributed by atoms with van der Waals surface area (Å²) in [7, 11) is 0. The van der Waals surface area contributed by atoms with Crippen LogP contribution in [0.5, 0.6) is 0 Å². The van der Waals surface area contributed by atoms with Gasteiger partial charge in [0.1, 0.15) is 6.04 Å². The highest BCUT2D eigenvalue weighted by molar-refractivity contribution is 6.04. The average molecular weight is 281 g/mol. The quantitative estimate of drug-likeness (QED) is 0.868. The van der Waals surface area contributed by atoms with Crippen molar-refractivity contribution in [3.63, 3.8) is 0 Å². The Bertz CT molecular complexity index is 643. The van der Waals surface area contributed by atoms with Crippen LogP contribution in [-0.4, -0.2) is 27.9 Å². The Hall–Kier alpha value is -2.69. The van der Waals surface area contributed by atoms with Gasteiger partial charge in [-0.25, -0.2) is 4.79 Å². The molecule has 2 aromatic rings. The zero-order valence-electron chi connectivity index (χ0n) is 11.4. The first-order valence-corrected chi connectivity index (χ1v) is 6.79. The van der Waals surface area contributed by atoms with E-state index >= 15 is 0 Å². The highest BCUT2D eigenvalue weighted by Gasteiger charge is 2.37. The molecule has 21 heavy (non-hydrogen) atoms. The molecular weight excluding hydrogens is 266 g/mol. The van der Waals surface area contributed by atoms with Crippen LogP contribution in [0.2, 0.25) is 0 Å². The van der Waals surface area contributed by atoms with Crippen molar-refractivity contribution in [2.24, 2.45) is 0 Å². The van der Waals surface area contributed by atoms with Gasteiger partial charge in [0.2, 0.25) is 0 Å². The third-order valence-corrected chi connectivity index (χ3v) is 3.48. The van der Waals surface area contributed by atoms with Crippen LogP contribution in [0.4, 0.5) is 4.79 Å². The number of hydrogen-bond donors (Lipinski definition) is 1. The Balaban J connectivity index is 1.70. The topological polar surface area (TPSA) is 62.3 Å². The van der Waals surface area contributed by atoms with Crippen LogP contribution in [0.15, 0.2) is 54.9 Å². The molecule has 3 amide bonds. The number of carbonyl (C=O) groups excluding carboxylic acids is 2. The third-order valence-electron chi connectivity index (χ3n) is 3.48. The molecule has 1 aromatic heterocycles. The molecule has 5 heteroatoms. The molecule has 1 aliphatic heterocycles. The van der Waals surface area contributed by atoms with Crippen molar-refractivity contribution in [1.82, 2.24) is 15.2 Å². The van der Waals surface area contributed by atoms with Gasteiger partial charge in [-0.3, -0.25) is 14.7 Å². The number of nitrogens with one attached hydrogen (secondary N) is 1. The maximum Gasteiger partial charge on any atom is 0.325 e. The molecule has 0 unspecified atom stereocenters. The second kappa shape index (κ2) is 5.75. The average Bonchev–Trinajstić information content (AvgIpc) is 2.77. The van der Waals surface area contributed by atoms with E-state index in [4.69, 9.17) is 0 Å². The largest absolute Gasteiger partial charge is 0.325 e. The predicted molar refractivity (Wildman–Crippen MR) is 77.3 cm³/mol. The molecule has 1 N–H and O–H groups in total. The summed E-state index contributed by atoms with van der Waals surface area (Å²) in [4.78, 5) is 29.5. The van der Waals surface area contributed by atoms with E-state index in [0.29, 0.717) is 6.42 Å². The van der Waals surface area contributed by atoms with Crippen LogP contribution in [0.1, 0.15) is 11.1 Å². The number of rotatable bonds is 4. The monoisotopic (exact) mass is 281 g/mol. The van der Waals surface area contributed by atoms with Crippen LogP contribution in [-0.2, 0) is 17.8 Å². The molecule has 1 aromatic carbocycles. The van der Waals surface area contributed by atoms with E-state index in [-0.39, 0.29) is 18.5 Å². The molecule has 106 valence electrons. The second-order valence-corrected chi connectivity index (χ2v) is 4.97. The summed E-state index contributed by atoms with van der Waals surface area (Å²) in [6, 6.07) is 12.4. The highest BCUT2D eigenvalue weighted by atomic mass is 16.2. The first kappa shape index (κ1) is 13.3. The molecular formula is C16H15N3O2. The lowest BCUT2D eigenvalue weighted by atomic mass is 10.1. The molecule has 1 saturated heterocycles. The summed E-state index contributed by atoms with van der Waals surface area (Å²) in [6.45, 7) is 0.276. The van der Waals surface area contributed by atoms with Gasteiger partial charge in [0, 0.05) is 18.8 Å². The van der Waals surface area contributed by atoms with Gasteiger partial charge in [-0.2, -0.15) is 0 Å². The lowest BCUT2D eigenvalue weighted by Crippen LogP contribution is -2.32. The second-order valence-electron chi connectivity index (χ2n) is 4.97. The van der Waals surface area contributed by atoms with Gasteiger partial charge in [-0.05, 0) is 23.3 Å². The fourth-order valence-electron chi connectivity index (χ4n) is 2.39. The van der Waals surface area contributed by atoms with Crippen LogP contribution in [0, 0.1) is 0 Å². The molecule has 1 atom stereocenters. The maximum atomic E-state index is 12.4. The van der Waals surface area contributed by atoms with E-state index < -0.39 is 6.04 Å². The van der Waals surface area contributed by atoms with Crippen molar-refractivity contribution >= 4 is 11.9 Å². The zero-order chi connectivity index (χ0) is 14.7. The van der Waals surface area contributed by atoms with E-state index in [9.17, 15) is 9.59 Å². The van der Waals surface area contributed by atoms with Gasteiger partial charge in [0.25, 0.3) is 5.91 Å². The van der Waals surface area contributed by atoms with Crippen LogP contribution >= 0.6 is 0 Å². The van der Waals surface area contributed by atoms with Gasteiger partial charge in [0.15, 0.2) is 0 Å². The van der Waals surface area contributed by atoms with E-state index in [0.717, 1.165) is 11.1 Å². The predicted octanol–water partition coefficient (Wildman–Crippen LogP) is 1.74. The normalized spacial score (nSPS) is 17.9. The molecule has 3 rings (SSSR count). The Morgan fingerprint density at radius 2 is 1.71 bits per heavy atom. The molecule has 0 saturated carbocycles. The fourth-order valence-corrected chi connectivity index (χ4v) is 2.39. The summed E-state index contributed by atoms with van der Waals surface area (Å²) in [5, 5.41) is 2.74. The highest BCUT2D eigenvalue weighted by Crippen LogP contribution is 2.15. The Morgan fingerprint density at radius 1 is 1.00 bits per heavy atom. The van der Waals surface area contributed by atoms with Crippen molar-refractivity contribution < 1.29 is 9.59 Å². The van der Waals surface area contributed by atoms with Crippen molar-refractivity contribution in [3.05, 3.63) is 66.0 Å². The minimum Gasteiger partial charge on any atom is -0.325 e. The van der Waals surface area contributed by atoms with Gasteiger partial charge >= 0.3 is 6.03 Å².